The minimum absolute atomic E-state index is 0.0390. The van der Waals surface area contributed by atoms with Gasteiger partial charge in [-0.1, -0.05) is 0 Å². The van der Waals surface area contributed by atoms with Crippen LogP contribution in [0.5, 0.6) is 0 Å². The molecule has 4 N–H and O–H groups in total. The molecule has 1 saturated heterocycles. The van der Waals surface area contributed by atoms with Gasteiger partial charge in [0.25, 0.3) is 0 Å². The minimum Gasteiger partial charge on any atom is -0.394 e. The number of aliphatic hydroxyl groups is 2. The highest BCUT2D eigenvalue weighted by Gasteiger charge is 2.40. The zero-order chi connectivity index (χ0) is 13.3. The quantitative estimate of drug-likeness (QED) is 0.593. The first-order valence-electron chi connectivity index (χ1n) is 5.44. The van der Waals surface area contributed by atoms with Gasteiger partial charge < -0.3 is 20.7 Å². The Kier molecular flexibility index (Phi) is 3.60. The molecule has 2 rings (SSSR count). The van der Waals surface area contributed by atoms with E-state index in [1.165, 1.54) is 12.3 Å². The molecule has 1 aromatic rings. The normalized spacial score (nSPS) is 32.4. The van der Waals surface area contributed by atoms with Crippen molar-refractivity contribution in [2.75, 3.05) is 18.9 Å². The Labute approximate surface area is 102 Å². The predicted octanol–water partition coefficient (Wildman–Crippen LogP) is -1.54. The largest absolute Gasteiger partial charge is 0.394 e. The maximum atomic E-state index is 14.0. The average Bonchev–Trinajstić information content (AvgIpc) is 2.34. The fraction of sp³-hybridized carbons (Fsp3) is 0.600. The highest BCUT2D eigenvalue weighted by molar-refractivity contribution is 5.23. The average molecular weight is 259 g/mol. The van der Waals surface area contributed by atoms with E-state index in [-0.39, 0.29) is 12.4 Å². The second-order valence-electron chi connectivity index (χ2n) is 4.10. The standard InChI is InChI=1S/C10H14FN3O4/c11-8-5(4-18-6(3-15)9(8)16)14-2-1-7(12)13-10(14)17/h1-2,5-6,8-9,15-16H,3-4H2,(H2,12,13,17). The summed E-state index contributed by atoms with van der Waals surface area (Å²) in [6.07, 6.45) is -2.89. The number of nitrogens with zero attached hydrogens (tertiary/aromatic N) is 2. The molecule has 1 fully saturated rings. The van der Waals surface area contributed by atoms with Gasteiger partial charge in [0, 0.05) is 6.20 Å². The Hall–Kier alpha value is -1.51. The van der Waals surface area contributed by atoms with Crippen molar-refractivity contribution in [3.05, 3.63) is 22.7 Å². The van der Waals surface area contributed by atoms with Gasteiger partial charge in [-0.15, -0.1) is 0 Å². The zero-order valence-electron chi connectivity index (χ0n) is 9.44. The van der Waals surface area contributed by atoms with E-state index in [4.69, 9.17) is 15.6 Å². The molecule has 2 heterocycles. The molecule has 8 heteroatoms. The van der Waals surface area contributed by atoms with Crippen LogP contribution < -0.4 is 11.4 Å². The van der Waals surface area contributed by atoms with Crippen molar-refractivity contribution in [1.82, 2.24) is 9.55 Å². The molecule has 0 aromatic carbocycles. The molecule has 18 heavy (non-hydrogen) atoms. The number of alkyl halides is 1. The summed E-state index contributed by atoms with van der Waals surface area (Å²) in [5.74, 6) is 0.0390. The molecule has 4 unspecified atom stereocenters. The van der Waals surface area contributed by atoms with Gasteiger partial charge in [0.2, 0.25) is 0 Å². The second-order valence-corrected chi connectivity index (χ2v) is 4.10. The summed E-state index contributed by atoms with van der Waals surface area (Å²) >= 11 is 0. The van der Waals surface area contributed by atoms with Crippen LogP contribution in [0.2, 0.25) is 0 Å². The number of aromatic nitrogens is 2. The number of rotatable bonds is 2. The molecule has 7 nitrogen and oxygen atoms in total. The molecule has 4 atom stereocenters. The Morgan fingerprint density at radius 1 is 1.67 bits per heavy atom. The van der Waals surface area contributed by atoms with Gasteiger partial charge >= 0.3 is 5.69 Å². The van der Waals surface area contributed by atoms with Crippen LogP contribution in [0.25, 0.3) is 0 Å². The first-order valence-corrected chi connectivity index (χ1v) is 5.44. The van der Waals surface area contributed by atoms with Crippen LogP contribution in [-0.4, -0.2) is 51.4 Å². The number of nitrogen functional groups attached to an aromatic ring is 1. The van der Waals surface area contributed by atoms with Crippen LogP contribution in [0.1, 0.15) is 6.04 Å². The van der Waals surface area contributed by atoms with Gasteiger partial charge in [-0.05, 0) is 6.07 Å². The van der Waals surface area contributed by atoms with Crippen LogP contribution in [-0.2, 0) is 4.74 Å². The Balaban J connectivity index is 2.27. The van der Waals surface area contributed by atoms with Crippen molar-refractivity contribution in [2.24, 2.45) is 0 Å². The van der Waals surface area contributed by atoms with Crippen molar-refractivity contribution in [1.29, 1.82) is 0 Å². The molecule has 0 bridgehead atoms. The summed E-state index contributed by atoms with van der Waals surface area (Å²) < 4.78 is 20.1. The maximum Gasteiger partial charge on any atom is 0.349 e. The highest BCUT2D eigenvalue weighted by atomic mass is 19.1. The summed E-state index contributed by atoms with van der Waals surface area (Å²) in [5.41, 5.74) is 4.62. The van der Waals surface area contributed by atoms with Crippen LogP contribution in [0.3, 0.4) is 0 Å². The molecule has 0 saturated carbocycles. The van der Waals surface area contributed by atoms with E-state index < -0.39 is 36.7 Å². The smallest absolute Gasteiger partial charge is 0.349 e. The third kappa shape index (κ3) is 2.22. The third-order valence-corrected chi connectivity index (χ3v) is 2.94. The van der Waals surface area contributed by atoms with Gasteiger partial charge in [0.1, 0.15) is 18.0 Å². The maximum absolute atomic E-state index is 14.0. The lowest BCUT2D eigenvalue weighted by atomic mass is 9.99. The van der Waals surface area contributed by atoms with Crippen LogP contribution in [0, 0.1) is 0 Å². The summed E-state index contributed by atoms with van der Waals surface area (Å²) in [5, 5.41) is 18.5. The molecule has 0 amide bonds. The van der Waals surface area contributed by atoms with Crippen molar-refractivity contribution in [3.63, 3.8) is 0 Å². The number of hydrogen-bond donors (Lipinski definition) is 3. The number of halogens is 1. The zero-order valence-corrected chi connectivity index (χ0v) is 9.44. The Morgan fingerprint density at radius 3 is 3.00 bits per heavy atom. The monoisotopic (exact) mass is 259 g/mol. The third-order valence-electron chi connectivity index (χ3n) is 2.94. The van der Waals surface area contributed by atoms with E-state index in [1.54, 1.807) is 0 Å². The topological polar surface area (TPSA) is 111 Å². The SMILES string of the molecule is Nc1ccn(C2COC(CO)C(O)C2F)c(=O)n1. The molecule has 1 aliphatic heterocycles. The van der Waals surface area contributed by atoms with Gasteiger partial charge in [-0.2, -0.15) is 4.98 Å². The first-order chi connectivity index (χ1) is 8.54. The minimum atomic E-state index is -1.72. The fourth-order valence-corrected chi connectivity index (χ4v) is 1.92. The van der Waals surface area contributed by atoms with Crippen molar-refractivity contribution >= 4 is 5.82 Å². The Morgan fingerprint density at radius 2 is 2.39 bits per heavy atom. The van der Waals surface area contributed by atoms with Crippen LogP contribution in [0.4, 0.5) is 10.2 Å². The van der Waals surface area contributed by atoms with Crippen LogP contribution >= 0.6 is 0 Å². The lowest BCUT2D eigenvalue weighted by molar-refractivity contribution is -0.149. The molecule has 0 spiro atoms. The molecule has 0 radical (unpaired) electrons. The number of anilines is 1. The molecule has 100 valence electrons. The molecule has 1 aromatic heterocycles. The van der Waals surface area contributed by atoms with E-state index in [9.17, 15) is 14.3 Å². The van der Waals surface area contributed by atoms with Gasteiger partial charge in [-0.3, -0.25) is 4.57 Å². The van der Waals surface area contributed by atoms with E-state index >= 15 is 0 Å². The lowest BCUT2D eigenvalue weighted by Crippen LogP contribution is -2.51. The molecule has 0 aliphatic carbocycles. The molecule has 1 aliphatic rings. The van der Waals surface area contributed by atoms with E-state index in [0.717, 1.165) is 4.57 Å². The van der Waals surface area contributed by atoms with Crippen molar-refractivity contribution < 1.29 is 19.3 Å². The molecular formula is C10H14FN3O4. The number of aliphatic hydroxyl groups excluding tert-OH is 2. The van der Waals surface area contributed by atoms with E-state index in [2.05, 4.69) is 4.98 Å². The van der Waals surface area contributed by atoms with Gasteiger partial charge in [0.05, 0.1) is 19.3 Å². The summed E-state index contributed by atoms with van der Waals surface area (Å²) in [7, 11) is 0. The number of nitrogens with two attached hydrogens (primary N) is 1. The van der Waals surface area contributed by atoms with Crippen molar-refractivity contribution in [3.8, 4) is 0 Å². The number of hydrogen-bond acceptors (Lipinski definition) is 6. The van der Waals surface area contributed by atoms with Crippen molar-refractivity contribution in [2.45, 2.75) is 24.4 Å². The van der Waals surface area contributed by atoms with Gasteiger partial charge in [0.15, 0.2) is 6.17 Å². The highest BCUT2D eigenvalue weighted by Crippen LogP contribution is 2.26. The predicted molar refractivity (Wildman–Crippen MR) is 59.7 cm³/mol. The molecular weight excluding hydrogens is 245 g/mol. The summed E-state index contributed by atoms with van der Waals surface area (Å²) in [6, 6.07) is 0.377. The summed E-state index contributed by atoms with van der Waals surface area (Å²) in [4.78, 5) is 15.0. The Bertz CT molecular complexity index is 480. The van der Waals surface area contributed by atoms with Gasteiger partial charge in [-0.25, -0.2) is 9.18 Å². The second kappa shape index (κ2) is 5.01. The first kappa shape index (κ1) is 12.9. The number of ether oxygens (including phenoxy) is 1. The van der Waals surface area contributed by atoms with Crippen LogP contribution in [0.15, 0.2) is 17.1 Å². The lowest BCUT2D eigenvalue weighted by Gasteiger charge is -2.36. The summed E-state index contributed by atoms with van der Waals surface area (Å²) in [6.45, 7) is -0.613. The van der Waals surface area contributed by atoms with E-state index in [1.807, 2.05) is 0 Å². The van der Waals surface area contributed by atoms with E-state index in [0.29, 0.717) is 0 Å². The fourth-order valence-electron chi connectivity index (χ4n) is 1.92.